The molecule has 33 heavy (non-hydrogen) atoms. The molecule has 0 fully saturated rings. The van der Waals surface area contributed by atoms with Crippen molar-refractivity contribution >= 4 is 34.2 Å². The minimum Gasteiger partial charge on any atom is -0.487 e. The highest BCUT2D eigenvalue weighted by atomic mass is 35.5. The topological polar surface area (TPSA) is 43.4 Å². The number of pyridine rings is 1. The molecule has 0 aliphatic carbocycles. The second kappa shape index (κ2) is 11.6. The van der Waals surface area contributed by atoms with Crippen molar-refractivity contribution in [3.63, 3.8) is 0 Å². The molecule has 4 rings (SSSR count). The summed E-state index contributed by atoms with van der Waals surface area (Å²) < 4.78 is 11.1. The van der Waals surface area contributed by atoms with E-state index in [4.69, 9.17) is 21.1 Å². The fraction of sp³-hybridized carbons (Fsp3) is 0.179. The summed E-state index contributed by atoms with van der Waals surface area (Å²) in [6.07, 6.45) is 2.17. The van der Waals surface area contributed by atoms with Gasteiger partial charge in [-0.15, -0.1) is 0 Å². The number of benzene rings is 3. The Balaban J connectivity index is 1.45. The van der Waals surface area contributed by atoms with Crippen molar-refractivity contribution in [3.8, 4) is 5.75 Å². The molecule has 3 aromatic carbocycles. The zero-order valence-electron chi connectivity index (χ0n) is 18.6. The number of methoxy groups -OCH3 is 1. The largest absolute Gasteiger partial charge is 0.487 e. The van der Waals surface area contributed by atoms with Crippen LogP contribution in [0.4, 0.5) is 0 Å². The van der Waals surface area contributed by atoms with Gasteiger partial charge in [0.05, 0.1) is 17.8 Å². The van der Waals surface area contributed by atoms with Crippen LogP contribution in [0, 0.1) is 0 Å². The Morgan fingerprint density at radius 1 is 0.939 bits per heavy atom. The zero-order chi connectivity index (χ0) is 22.9. The van der Waals surface area contributed by atoms with E-state index in [1.165, 1.54) is 5.57 Å². The number of aromatic nitrogens is 1. The van der Waals surface area contributed by atoms with Crippen LogP contribution in [0.2, 0.25) is 5.02 Å². The predicted molar refractivity (Wildman–Crippen MR) is 137 cm³/mol. The van der Waals surface area contributed by atoms with Crippen LogP contribution in [0.15, 0.2) is 84.9 Å². The lowest BCUT2D eigenvalue weighted by atomic mass is 10.0. The van der Waals surface area contributed by atoms with Gasteiger partial charge < -0.3 is 14.8 Å². The monoisotopic (exact) mass is 458 g/mol. The first kappa shape index (κ1) is 23.0. The summed E-state index contributed by atoms with van der Waals surface area (Å²) in [4.78, 5) is 4.68. The number of rotatable bonds is 10. The highest BCUT2D eigenvalue weighted by molar-refractivity contribution is 6.30. The molecule has 0 saturated heterocycles. The Hall–Kier alpha value is -3.18. The van der Waals surface area contributed by atoms with E-state index in [-0.39, 0.29) is 0 Å². The third kappa shape index (κ3) is 6.65. The molecular weight excluding hydrogens is 432 g/mol. The average molecular weight is 459 g/mol. The summed E-state index contributed by atoms with van der Waals surface area (Å²) in [5, 5.41) is 5.29. The van der Waals surface area contributed by atoms with E-state index < -0.39 is 0 Å². The summed E-state index contributed by atoms with van der Waals surface area (Å²) in [6, 6.07) is 28.2. The summed E-state index contributed by atoms with van der Waals surface area (Å²) in [5.41, 5.74) is 5.29. The maximum atomic E-state index is 6.04. The fourth-order valence-corrected chi connectivity index (χ4v) is 3.63. The van der Waals surface area contributed by atoms with E-state index in [0.29, 0.717) is 13.2 Å². The van der Waals surface area contributed by atoms with Crippen LogP contribution in [0.3, 0.4) is 0 Å². The maximum Gasteiger partial charge on any atom is 0.130 e. The number of nitrogens with zero attached hydrogens (tertiary/aromatic N) is 1. The molecule has 0 unspecified atom stereocenters. The maximum absolute atomic E-state index is 6.04. The van der Waals surface area contributed by atoms with Crippen LogP contribution in [0.1, 0.15) is 16.8 Å². The average Bonchev–Trinajstić information content (AvgIpc) is 2.86. The van der Waals surface area contributed by atoms with Crippen LogP contribution in [-0.2, 0) is 11.3 Å². The SMILES string of the molecule is COCCNCC(=Cc1ccc(Cl)cc1)c1ccc(OCc2ccc3ccccc3n2)cc1. The number of hydrogen-bond donors (Lipinski definition) is 1. The minimum absolute atomic E-state index is 0.427. The van der Waals surface area contributed by atoms with Crippen LogP contribution in [0.5, 0.6) is 5.75 Å². The third-order valence-electron chi connectivity index (χ3n) is 5.28. The van der Waals surface area contributed by atoms with Gasteiger partial charge >= 0.3 is 0 Å². The van der Waals surface area contributed by atoms with Gasteiger partial charge in [-0.1, -0.05) is 60.1 Å². The van der Waals surface area contributed by atoms with Crippen molar-refractivity contribution in [1.29, 1.82) is 0 Å². The second-order valence-electron chi connectivity index (χ2n) is 7.70. The lowest BCUT2D eigenvalue weighted by Gasteiger charge is -2.12. The summed E-state index contributed by atoms with van der Waals surface area (Å²) in [7, 11) is 1.71. The number of nitrogens with one attached hydrogen (secondary N) is 1. The van der Waals surface area contributed by atoms with Crippen molar-refractivity contribution in [2.75, 3.05) is 26.8 Å². The van der Waals surface area contributed by atoms with Crippen molar-refractivity contribution in [2.45, 2.75) is 6.61 Å². The molecule has 0 atom stereocenters. The minimum atomic E-state index is 0.427. The molecule has 0 saturated carbocycles. The second-order valence-corrected chi connectivity index (χ2v) is 8.14. The number of hydrogen-bond acceptors (Lipinski definition) is 4. The van der Waals surface area contributed by atoms with Gasteiger partial charge in [-0.2, -0.15) is 0 Å². The van der Waals surface area contributed by atoms with E-state index >= 15 is 0 Å². The summed E-state index contributed by atoms with van der Waals surface area (Å²) in [5.74, 6) is 0.812. The van der Waals surface area contributed by atoms with Crippen molar-refractivity contribution in [1.82, 2.24) is 10.3 Å². The first-order valence-electron chi connectivity index (χ1n) is 10.9. The van der Waals surface area contributed by atoms with Gasteiger partial charge in [0.15, 0.2) is 0 Å². The van der Waals surface area contributed by atoms with Crippen molar-refractivity contribution in [2.24, 2.45) is 0 Å². The van der Waals surface area contributed by atoms with E-state index in [1.54, 1.807) is 7.11 Å². The molecule has 0 aliphatic rings. The molecule has 0 bridgehead atoms. The van der Waals surface area contributed by atoms with E-state index in [2.05, 4.69) is 40.6 Å². The van der Waals surface area contributed by atoms with Gasteiger partial charge in [0.25, 0.3) is 0 Å². The molecule has 0 radical (unpaired) electrons. The first-order chi connectivity index (χ1) is 16.2. The zero-order valence-corrected chi connectivity index (χ0v) is 19.4. The molecule has 1 heterocycles. The van der Waals surface area contributed by atoms with E-state index in [1.807, 2.05) is 60.7 Å². The fourth-order valence-electron chi connectivity index (χ4n) is 3.51. The lowest BCUT2D eigenvalue weighted by Crippen LogP contribution is -2.21. The molecule has 0 amide bonds. The molecule has 5 heteroatoms. The van der Waals surface area contributed by atoms with E-state index in [0.717, 1.165) is 51.6 Å². The third-order valence-corrected chi connectivity index (χ3v) is 5.53. The standard InChI is InChI=1S/C28H27ClN2O2/c1-32-17-16-30-19-24(18-21-6-11-25(29)12-7-21)22-9-14-27(15-10-22)33-20-26-13-8-23-4-2-3-5-28(23)31-26/h2-15,18,30H,16-17,19-20H2,1H3. The number of para-hydroxylation sites is 1. The van der Waals surface area contributed by atoms with E-state index in [9.17, 15) is 0 Å². The van der Waals surface area contributed by atoms with Crippen molar-refractivity contribution in [3.05, 3.63) is 107 Å². The number of fused-ring (bicyclic) bond motifs is 1. The number of halogens is 1. The smallest absolute Gasteiger partial charge is 0.130 e. The molecule has 4 nitrogen and oxygen atoms in total. The highest BCUT2D eigenvalue weighted by Crippen LogP contribution is 2.23. The van der Waals surface area contributed by atoms with Crippen LogP contribution >= 0.6 is 11.6 Å². The highest BCUT2D eigenvalue weighted by Gasteiger charge is 2.05. The molecule has 4 aromatic rings. The molecule has 0 aliphatic heterocycles. The normalized spacial score (nSPS) is 11.6. The van der Waals surface area contributed by atoms with Gasteiger partial charge in [-0.3, -0.25) is 0 Å². The predicted octanol–water partition coefficient (Wildman–Crippen LogP) is 6.24. The summed E-state index contributed by atoms with van der Waals surface area (Å²) >= 11 is 6.04. The Labute approximate surface area is 199 Å². The quantitative estimate of drug-likeness (QED) is 0.225. The first-order valence-corrected chi connectivity index (χ1v) is 11.3. The van der Waals surface area contributed by atoms with Crippen LogP contribution < -0.4 is 10.1 Å². The van der Waals surface area contributed by atoms with Gasteiger partial charge in [0.1, 0.15) is 12.4 Å². The molecule has 0 spiro atoms. The Morgan fingerprint density at radius 2 is 1.73 bits per heavy atom. The Bertz CT molecular complexity index is 1200. The van der Waals surface area contributed by atoms with Gasteiger partial charge in [0.2, 0.25) is 0 Å². The molecule has 168 valence electrons. The summed E-state index contributed by atoms with van der Waals surface area (Å²) in [6.45, 7) is 2.61. The Morgan fingerprint density at radius 3 is 2.52 bits per heavy atom. The number of ether oxygens (including phenoxy) is 2. The molecule has 1 N–H and O–H groups in total. The molecule has 1 aromatic heterocycles. The van der Waals surface area contributed by atoms with Gasteiger partial charge in [-0.05, 0) is 59.2 Å². The van der Waals surface area contributed by atoms with Gasteiger partial charge in [0, 0.05) is 30.6 Å². The molecular formula is C28H27ClN2O2. The van der Waals surface area contributed by atoms with Gasteiger partial charge in [-0.25, -0.2) is 4.98 Å². The van der Waals surface area contributed by atoms with Crippen LogP contribution in [0.25, 0.3) is 22.6 Å². The Kier molecular flexibility index (Phi) is 8.09. The van der Waals surface area contributed by atoms with Crippen LogP contribution in [-0.4, -0.2) is 31.8 Å². The van der Waals surface area contributed by atoms with Crippen molar-refractivity contribution < 1.29 is 9.47 Å². The lowest BCUT2D eigenvalue weighted by molar-refractivity contribution is 0.200.